The van der Waals surface area contributed by atoms with Gasteiger partial charge in [-0.15, -0.1) is 11.3 Å². The Morgan fingerprint density at radius 1 is 1.24 bits per heavy atom. The van der Waals surface area contributed by atoms with Gasteiger partial charge in [0.1, 0.15) is 0 Å². The molecule has 0 aliphatic heterocycles. The van der Waals surface area contributed by atoms with Crippen molar-refractivity contribution >= 4 is 23.5 Å². The van der Waals surface area contributed by atoms with E-state index in [1.54, 1.807) is 0 Å². The number of nitrogens with zero attached hydrogens (tertiary/aromatic N) is 1. The number of benzene rings is 1. The Kier molecular flexibility index (Phi) is 4.37. The topological polar surface area (TPSA) is 41.5 Å². The number of thiophene rings is 1. The first-order valence-electron chi connectivity index (χ1n) is 5.62. The molecule has 2 rings (SSSR count). The third-order valence-corrected chi connectivity index (χ3v) is 3.26. The molecule has 1 N–H and O–H groups in total. The molecule has 1 amide bonds. The van der Waals surface area contributed by atoms with Crippen molar-refractivity contribution in [1.82, 2.24) is 5.43 Å². The van der Waals surface area contributed by atoms with Crippen LogP contribution in [0.15, 0.2) is 41.5 Å². The molecule has 1 aromatic carbocycles. The smallest absolute Gasteiger partial charge is 0.266 e. The van der Waals surface area contributed by atoms with Crippen LogP contribution in [0.25, 0.3) is 0 Å². The SMILES string of the molecule is O=C(NN=Cc1cccc(C(F)(F)F)c1)c1ccc(F)s1. The molecule has 3 nitrogen and oxygen atoms in total. The van der Waals surface area contributed by atoms with Crippen molar-refractivity contribution in [3.63, 3.8) is 0 Å². The van der Waals surface area contributed by atoms with Crippen LogP contribution in [0.4, 0.5) is 17.6 Å². The molecule has 8 heteroatoms. The van der Waals surface area contributed by atoms with Crippen molar-refractivity contribution in [3.8, 4) is 0 Å². The zero-order valence-electron chi connectivity index (χ0n) is 10.3. The molecular weight excluding hydrogens is 308 g/mol. The summed E-state index contributed by atoms with van der Waals surface area (Å²) in [4.78, 5) is 11.6. The molecule has 0 saturated carbocycles. The molecular formula is C13H8F4N2OS. The summed E-state index contributed by atoms with van der Waals surface area (Å²) in [5.41, 5.74) is 1.49. The number of alkyl halides is 3. The van der Waals surface area contributed by atoms with Gasteiger partial charge in [0, 0.05) is 0 Å². The predicted molar refractivity (Wildman–Crippen MR) is 70.8 cm³/mol. The summed E-state index contributed by atoms with van der Waals surface area (Å²) in [5.74, 6) is -0.632. The summed E-state index contributed by atoms with van der Waals surface area (Å²) in [6, 6.07) is 6.91. The van der Waals surface area contributed by atoms with Gasteiger partial charge in [0.2, 0.25) is 0 Å². The Morgan fingerprint density at radius 2 is 2.00 bits per heavy atom. The third-order valence-electron chi connectivity index (χ3n) is 2.39. The molecule has 0 aliphatic carbocycles. The molecule has 0 radical (unpaired) electrons. The molecule has 0 fully saturated rings. The summed E-state index contributed by atoms with van der Waals surface area (Å²) in [6.07, 6.45) is -3.36. The highest BCUT2D eigenvalue weighted by atomic mass is 32.1. The molecule has 2 aromatic rings. The molecule has 0 aliphatic rings. The molecule has 0 spiro atoms. The zero-order chi connectivity index (χ0) is 15.5. The standard InChI is InChI=1S/C13H8F4N2OS/c14-11-5-4-10(21-11)12(20)19-18-7-8-2-1-3-9(6-8)13(15,16)17/h1-7H,(H,19,20). The van der Waals surface area contributed by atoms with Gasteiger partial charge in [-0.1, -0.05) is 12.1 Å². The number of carbonyl (C=O) groups excluding carboxylic acids is 1. The second kappa shape index (κ2) is 6.04. The quantitative estimate of drug-likeness (QED) is 0.524. The maximum atomic E-state index is 12.7. The highest BCUT2D eigenvalue weighted by molar-refractivity contribution is 7.12. The molecule has 0 atom stereocenters. The minimum Gasteiger partial charge on any atom is -0.266 e. The predicted octanol–water partition coefficient (Wildman–Crippen LogP) is 3.67. The first-order valence-corrected chi connectivity index (χ1v) is 6.44. The number of hydrazone groups is 1. The minimum absolute atomic E-state index is 0.119. The number of halogens is 4. The molecule has 1 aromatic heterocycles. The monoisotopic (exact) mass is 316 g/mol. The lowest BCUT2D eigenvalue weighted by molar-refractivity contribution is -0.137. The lowest BCUT2D eigenvalue weighted by Crippen LogP contribution is -2.16. The van der Waals surface area contributed by atoms with Gasteiger partial charge in [0.15, 0.2) is 5.13 Å². The Bertz CT molecular complexity index is 679. The van der Waals surface area contributed by atoms with E-state index in [2.05, 4.69) is 10.5 Å². The van der Waals surface area contributed by atoms with Gasteiger partial charge < -0.3 is 0 Å². The summed E-state index contributed by atoms with van der Waals surface area (Å²) in [7, 11) is 0. The first-order chi connectivity index (χ1) is 9.86. The molecule has 21 heavy (non-hydrogen) atoms. The van der Waals surface area contributed by atoms with Gasteiger partial charge in [-0.25, -0.2) is 5.43 Å². The normalized spacial score (nSPS) is 11.8. The third kappa shape index (κ3) is 4.12. The van der Waals surface area contributed by atoms with E-state index >= 15 is 0 Å². The Hall–Kier alpha value is -2.22. The van der Waals surface area contributed by atoms with E-state index in [0.29, 0.717) is 11.3 Å². The molecule has 1 heterocycles. The van der Waals surface area contributed by atoms with Crippen LogP contribution in [0.2, 0.25) is 0 Å². The minimum atomic E-state index is -4.44. The first kappa shape index (κ1) is 15.2. The number of hydrogen-bond acceptors (Lipinski definition) is 3. The number of nitrogens with one attached hydrogen (secondary N) is 1. The van der Waals surface area contributed by atoms with Crippen LogP contribution >= 0.6 is 11.3 Å². The van der Waals surface area contributed by atoms with Crippen LogP contribution in [-0.4, -0.2) is 12.1 Å². The Morgan fingerprint density at radius 3 is 2.62 bits per heavy atom. The van der Waals surface area contributed by atoms with Crippen molar-refractivity contribution < 1.29 is 22.4 Å². The van der Waals surface area contributed by atoms with Crippen molar-refractivity contribution in [3.05, 3.63) is 57.5 Å². The van der Waals surface area contributed by atoms with E-state index in [-0.39, 0.29) is 10.4 Å². The van der Waals surface area contributed by atoms with Crippen molar-refractivity contribution in [2.75, 3.05) is 0 Å². The van der Waals surface area contributed by atoms with Crippen LogP contribution in [0.1, 0.15) is 20.8 Å². The number of amides is 1. The Labute approximate surface area is 120 Å². The van der Waals surface area contributed by atoms with Crippen LogP contribution < -0.4 is 5.43 Å². The van der Waals surface area contributed by atoms with E-state index in [0.717, 1.165) is 24.4 Å². The molecule has 0 bridgehead atoms. The van der Waals surface area contributed by atoms with Crippen LogP contribution in [-0.2, 0) is 6.18 Å². The highest BCUT2D eigenvalue weighted by Gasteiger charge is 2.30. The molecule has 110 valence electrons. The van der Waals surface area contributed by atoms with E-state index in [9.17, 15) is 22.4 Å². The lowest BCUT2D eigenvalue weighted by Gasteiger charge is -2.06. The average Bonchev–Trinajstić information content (AvgIpc) is 2.85. The summed E-state index contributed by atoms with van der Waals surface area (Å²) in [5, 5.41) is 3.03. The summed E-state index contributed by atoms with van der Waals surface area (Å²) >= 11 is 0.647. The van der Waals surface area contributed by atoms with Gasteiger partial charge >= 0.3 is 6.18 Å². The zero-order valence-corrected chi connectivity index (χ0v) is 11.1. The van der Waals surface area contributed by atoms with Crippen LogP contribution in [0, 0.1) is 5.13 Å². The maximum absolute atomic E-state index is 12.7. The largest absolute Gasteiger partial charge is 0.416 e. The summed E-state index contributed by atoms with van der Waals surface area (Å²) < 4.78 is 50.2. The Balaban J connectivity index is 2.03. The second-order valence-corrected chi connectivity index (χ2v) is 4.96. The van der Waals surface area contributed by atoms with Crippen LogP contribution in [0.3, 0.4) is 0 Å². The van der Waals surface area contributed by atoms with E-state index in [1.165, 1.54) is 18.2 Å². The fraction of sp³-hybridized carbons (Fsp3) is 0.0769. The fourth-order valence-corrected chi connectivity index (χ4v) is 2.07. The van der Waals surface area contributed by atoms with Gasteiger partial charge in [-0.3, -0.25) is 4.79 Å². The fourth-order valence-electron chi connectivity index (χ4n) is 1.45. The molecule has 0 unspecified atom stereocenters. The van der Waals surface area contributed by atoms with Crippen LogP contribution in [0.5, 0.6) is 0 Å². The average molecular weight is 316 g/mol. The molecule has 0 saturated heterocycles. The van der Waals surface area contributed by atoms with E-state index < -0.39 is 22.8 Å². The number of hydrogen-bond donors (Lipinski definition) is 1. The van der Waals surface area contributed by atoms with Gasteiger partial charge in [0.25, 0.3) is 5.91 Å². The number of carbonyl (C=O) groups is 1. The van der Waals surface area contributed by atoms with E-state index in [4.69, 9.17) is 0 Å². The van der Waals surface area contributed by atoms with Gasteiger partial charge in [0.05, 0.1) is 16.7 Å². The lowest BCUT2D eigenvalue weighted by atomic mass is 10.1. The van der Waals surface area contributed by atoms with Crippen molar-refractivity contribution in [2.45, 2.75) is 6.18 Å². The van der Waals surface area contributed by atoms with Crippen molar-refractivity contribution in [2.24, 2.45) is 5.10 Å². The van der Waals surface area contributed by atoms with Crippen molar-refractivity contribution in [1.29, 1.82) is 0 Å². The van der Waals surface area contributed by atoms with E-state index in [1.807, 2.05) is 0 Å². The second-order valence-electron chi connectivity index (χ2n) is 3.93. The maximum Gasteiger partial charge on any atom is 0.416 e. The van der Waals surface area contributed by atoms with Gasteiger partial charge in [-0.05, 0) is 29.8 Å². The number of rotatable bonds is 3. The summed E-state index contributed by atoms with van der Waals surface area (Å²) in [6.45, 7) is 0. The van der Waals surface area contributed by atoms with Gasteiger partial charge in [-0.2, -0.15) is 22.7 Å². The highest BCUT2D eigenvalue weighted by Crippen LogP contribution is 2.29.